The van der Waals surface area contributed by atoms with Gasteiger partial charge in [-0.05, 0) is 24.6 Å². The second-order valence-corrected chi connectivity index (χ2v) is 5.54. The zero-order chi connectivity index (χ0) is 14.4. The predicted molar refractivity (Wildman–Crippen MR) is 83.0 cm³/mol. The number of carbonyl (C=O) groups is 1. The number of fused-ring (bicyclic) bond motifs is 1. The van der Waals surface area contributed by atoms with Gasteiger partial charge in [0.25, 0.3) is 0 Å². The van der Waals surface area contributed by atoms with Gasteiger partial charge in [0.15, 0.2) is 5.13 Å². The van der Waals surface area contributed by atoms with E-state index in [-0.39, 0.29) is 5.91 Å². The molecule has 0 aliphatic rings. The van der Waals surface area contributed by atoms with Crippen LogP contribution in [0, 0.1) is 0 Å². The number of amides is 1. The standard InChI is InChI=1S/C14H19N3O2S/c1-2-3-7-19-8-6-13(18)17-14-16-11-5-4-10(15)9-12(11)20-14/h4-5,9H,2-3,6-8,15H2,1H3,(H,16,17,18). The molecular formula is C14H19N3O2S. The number of anilines is 2. The van der Waals surface area contributed by atoms with E-state index in [9.17, 15) is 4.79 Å². The average Bonchev–Trinajstić information content (AvgIpc) is 2.79. The monoisotopic (exact) mass is 293 g/mol. The van der Waals surface area contributed by atoms with Gasteiger partial charge in [0.1, 0.15) is 0 Å². The molecule has 0 radical (unpaired) electrons. The van der Waals surface area contributed by atoms with Crippen molar-refractivity contribution in [3.63, 3.8) is 0 Å². The van der Waals surface area contributed by atoms with Gasteiger partial charge in [-0.2, -0.15) is 0 Å². The summed E-state index contributed by atoms with van der Waals surface area (Å²) in [7, 11) is 0. The molecule has 0 atom stereocenters. The molecule has 0 spiro atoms. The maximum atomic E-state index is 11.7. The minimum Gasteiger partial charge on any atom is -0.399 e. The first-order valence-corrected chi connectivity index (χ1v) is 7.54. The molecule has 0 unspecified atom stereocenters. The number of unbranched alkanes of at least 4 members (excludes halogenated alkanes) is 1. The summed E-state index contributed by atoms with van der Waals surface area (Å²) in [6, 6.07) is 5.51. The van der Waals surface area contributed by atoms with E-state index >= 15 is 0 Å². The van der Waals surface area contributed by atoms with Crippen molar-refractivity contribution in [1.82, 2.24) is 4.98 Å². The lowest BCUT2D eigenvalue weighted by molar-refractivity contribution is -0.117. The van der Waals surface area contributed by atoms with Crippen molar-refractivity contribution in [3.8, 4) is 0 Å². The Morgan fingerprint density at radius 3 is 3.10 bits per heavy atom. The van der Waals surface area contributed by atoms with Gasteiger partial charge in [-0.25, -0.2) is 4.98 Å². The second-order valence-electron chi connectivity index (χ2n) is 4.51. The molecule has 0 saturated carbocycles. The molecule has 1 amide bonds. The van der Waals surface area contributed by atoms with Crippen LogP contribution in [0.1, 0.15) is 26.2 Å². The summed E-state index contributed by atoms with van der Waals surface area (Å²) >= 11 is 1.42. The van der Waals surface area contributed by atoms with Crippen LogP contribution in [0.4, 0.5) is 10.8 Å². The largest absolute Gasteiger partial charge is 0.399 e. The van der Waals surface area contributed by atoms with E-state index in [1.807, 2.05) is 12.1 Å². The van der Waals surface area contributed by atoms with E-state index in [2.05, 4.69) is 17.2 Å². The molecule has 0 saturated heterocycles. The SMILES string of the molecule is CCCCOCCC(=O)Nc1nc2ccc(N)cc2s1. The Labute approximate surface area is 122 Å². The first-order chi connectivity index (χ1) is 9.69. The van der Waals surface area contributed by atoms with Crippen LogP contribution in [-0.2, 0) is 9.53 Å². The van der Waals surface area contributed by atoms with Crippen molar-refractivity contribution in [1.29, 1.82) is 0 Å². The summed E-state index contributed by atoms with van der Waals surface area (Å²) < 4.78 is 6.33. The molecule has 0 bridgehead atoms. The first-order valence-electron chi connectivity index (χ1n) is 6.72. The Morgan fingerprint density at radius 1 is 1.45 bits per heavy atom. The lowest BCUT2D eigenvalue weighted by atomic mass is 10.3. The predicted octanol–water partition coefficient (Wildman–Crippen LogP) is 3.02. The highest BCUT2D eigenvalue weighted by molar-refractivity contribution is 7.22. The number of carbonyl (C=O) groups excluding carboxylic acids is 1. The quantitative estimate of drug-likeness (QED) is 0.607. The third-order valence-electron chi connectivity index (χ3n) is 2.77. The van der Waals surface area contributed by atoms with Gasteiger partial charge in [-0.15, -0.1) is 0 Å². The summed E-state index contributed by atoms with van der Waals surface area (Å²) in [5, 5.41) is 3.39. The molecule has 0 aliphatic heterocycles. The van der Waals surface area contributed by atoms with Gasteiger partial charge < -0.3 is 15.8 Å². The van der Waals surface area contributed by atoms with Crippen LogP contribution in [0.5, 0.6) is 0 Å². The summed E-state index contributed by atoms with van der Waals surface area (Å²) in [6.45, 7) is 3.27. The van der Waals surface area contributed by atoms with Crippen LogP contribution in [0.15, 0.2) is 18.2 Å². The summed E-state index contributed by atoms with van der Waals surface area (Å²) in [5.74, 6) is -0.0754. The Bertz CT molecular complexity index is 583. The fourth-order valence-corrected chi connectivity index (χ4v) is 2.62. The minimum absolute atomic E-state index is 0.0754. The third-order valence-corrected chi connectivity index (χ3v) is 3.71. The van der Waals surface area contributed by atoms with Crippen LogP contribution in [0.25, 0.3) is 10.2 Å². The number of nitrogens with zero attached hydrogens (tertiary/aromatic N) is 1. The molecule has 20 heavy (non-hydrogen) atoms. The number of aromatic nitrogens is 1. The van der Waals surface area contributed by atoms with Gasteiger partial charge in [-0.3, -0.25) is 4.79 Å². The minimum atomic E-state index is -0.0754. The average molecular weight is 293 g/mol. The Balaban J connectivity index is 1.83. The van der Waals surface area contributed by atoms with Crippen LogP contribution in [0.2, 0.25) is 0 Å². The van der Waals surface area contributed by atoms with Crippen molar-refractivity contribution >= 4 is 38.3 Å². The highest BCUT2D eigenvalue weighted by atomic mass is 32.1. The normalized spacial score (nSPS) is 10.8. The molecule has 0 fully saturated rings. The highest BCUT2D eigenvalue weighted by Crippen LogP contribution is 2.27. The molecule has 2 rings (SSSR count). The fourth-order valence-electron chi connectivity index (χ4n) is 1.69. The molecule has 1 heterocycles. The number of nitrogens with one attached hydrogen (secondary N) is 1. The van der Waals surface area contributed by atoms with Gasteiger partial charge >= 0.3 is 0 Å². The Hall–Kier alpha value is -1.66. The molecule has 1 aromatic carbocycles. The summed E-state index contributed by atoms with van der Waals surface area (Å²) in [6.07, 6.45) is 2.48. The first kappa shape index (κ1) is 14.7. The van der Waals surface area contributed by atoms with Crippen LogP contribution < -0.4 is 11.1 Å². The molecule has 3 N–H and O–H groups in total. The number of nitrogen functional groups attached to an aromatic ring is 1. The van der Waals surface area contributed by atoms with E-state index in [1.165, 1.54) is 11.3 Å². The number of hydrogen-bond donors (Lipinski definition) is 2. The molecule has 108 valence electrons. The van der Waals surface area contributed by atoms with Crippen LogP contribution in [-0.4, -0.2) is 24.1 Å². The summed E-state index contributed by atoms with van der Waals surface area (Å²) in [5.41, 5.74) is 7.26. The molecule has 2 aromatic rings. The Kier molecular flexibility index (Phi) is 5.31. The molecule has 1 aromatic heterocycles. The number of benzene rings is 1. The summed E-state index contributed by atoms with van der Waals surface area (Å²) in [4.78, 5) is 16.1. The number of nitrogens with two attached hydrogens (primary N) is 1. The second kappa shape index (κ2) is 7.21. The van der Waals surface area contributed by atoms with E-state index in [1.54, 1.807) is 6.07 Å². The zero-order valence-corrected chi connectivity index (χ0v) is 12.3. The molecule has 0 aliphatic carbocycles. The smallest absolute Gasteiger partial charge is 0.228 e. The van der Waals surface area contributed by atoms with E-state index in [0.717, 1.165) is 23.1 Å². The lowest BCUT2D eigenvalue weighted by Gasteiger charge is -2.03. The van der Waals surface area contributed by atoms with Crippen LogP contribution >= 0.6 is 11.3 Å². The molecule has 6 heteroatoms. The molecule has 5 nitrogen and oxygen atoms in total. The van der Waals surface area contributed by atoms with E-state index < -0.39 is 0 Å². The Morgan fingerprint density at radius 2 is 2.30 bits per heavy atom. The third kappa shape index (κ3) is 4.18. The number of thiazole rings is 1. The highest BCUT2D eigenvalue weighted by Gasteiger charge is 2.08. The maximum absolute atomic E-state index is 11.7. The maximum Gasteiger partial charge on any atom is 0.228 e. The van der Waals surface area contributed by atoms with Crippen molar-refractivity contribution < 1.29 is 9.53 Å². The van der Waals surface area contributed by atoms with Gasteiger partial charge in [0.05, 0.1) is 23.2 Å². The van der Waals surface area contributed by atoms with Gasteiger partial charge in [0.2, 0.25) is 5.91 Å². The van der Waals surface area contributed by atoms with Crippen molar-refractivity contribution in [2.75, 3.05) is 24.3 Å². The van der Waals surface area contributed by atoms with E-state index in [0.29, 0.717) is 30.5 Å². The lowest BCUT2D eigenvalue weighted by Crippen LogP contribution is -2.14. The number of ether oxygens (including phenoxy) is 1. The van der Waals surface area contributed by atoms with Crippen LogP contribution in [0.3, 0.4) is 0 Å². The fraction of sp³-hybridized carbons (Fsp3) is 0.429. The van der Waals surface area contributed by atoms with Gasteiger partial charge in [-0.1, -0.05) is 24.7 Å². The van der Waals surface area contributed by atoms with Crippen molar-refractivity contribution in [3.05, 3.63) is 18.2 Å². The van der Waals surface area contributed by atoms with Gasteiger partial charge in [0, 0.05) is 12.3 Å². The number of hydrogen-bond acceptors (Lipinski definition) is 5. The zero-order valence-electron chi connectivity index (χ0n) is 11.5. The van der Waals surface area contributed by atoms with Crippen molar-refractivity contribution in [2.24, 2.45) is 0 Å². The number of rotatable bonds is 7. The molecular weight excluding hydrogens is 274 g/mol. The van der Waals surface area contributed by atoms with E-state index in [4.69, 9.17) is 10.5 Å². The van der Waals surface area contributed by atoms with Crippen molar-refractivity contribution in [2.45, 2.75) is 26.2 Å². The topological polar surface area (TPSA) is 77.2 Å².